The fraction of sp³-hybridized carbons (Fsp3) is 0.500. The Morgan fingerprint density at radius 3 is 2.62 bits per heavy atom. The molecule has 0 aromatic carbocycles. The molecule has 0 amide bonds. The molecule has 1 aromatic rings. The summed E-state index contributed by atoms with van der Waals surface area (Å²) >= 11 is 5.82. The first kappa shape index (κ1) is 10.3. The van der Waals surface area contributed by atoms with Crippen LogP contribution in [0, 0.1) is 0 Å². The van der Waals surface area contributed by atoms with E-state index in [0.717, 1.165) is 18.7 Å². The Morgan fingerprint density at radius 1 is 1.38 bits per heavy atom. The molecule has 2 nitrogen and oxygen atoms in total. The van der Waals surface area contributed by atoms with Crippen molar-refractivity contribution in [2.75, 3.05) is 18.0 Å². The van der Waals surface area contributed by atoms with Gasteiger partial charge in [-0.3, -0.25) is 4.98 Å². The van der Waals surface area contributed by atoms with Gasteiger partial charge in [0.05, 0.1) is 5.88 Å². The molecular formula is C10H15ClN2. The van der Waals surface area contributed by atoms with E-state index in [4.69, 9.17) is 11.6 Å². The van der Waals surface area contributed by atoms with E-state index < -0.39 is 0 Å². The molecule has 72 valence electrons. The number of rotatable bonds is 4. The third-order valence-corrected chi connectivity index (χ3v) is 2.41. The highest BCUT2D eigenvalue weighted by Gasteiger charge is 2.06. The van der Waals surface area contributed by atoms with Crippen LogP contribution in [0.15, 0.2) is 18.5 Å². The van der Waals surface area contributed by atoms with Crippen molar-refractivity contribution in [2.45, 2.75) is 19.7 Å². The lowest BCUT2D eigenvalue weighted by Gasteiger charge is -2.22. The standard InChI is InChI=1S/C10H15ClN2/c1-3-13(4-2)10-5-6-12-8-9(10)7-11/h5-6,8H,3-4,7H2,1-2H3. The normalized spacial score (nSPS) is 10.1. The van der Waals surface area contributed by atoms with E-state index in [-0.39, 0.29) is 0 Å². The van der Waals surface area contributed by atoms with Gasteiger partial charge in [0.15, 0.2) is 0 Å². The van der Waals surface area contributed by atoms with Gasteiger partial charge in [-0.1, -0.05) is 0 Å². The van der Waals surface area contributed by atoms with Crippen molar-refractivity contribution in [2.24, 2.45) is 0 Å². The summed E-state index contributed by atoms with van der Waals surface area (Å²) in [6.45, 7) is 6.29. The first-order valence-corrected chi connectivity index (χ1v) is 5.10. The quantitative estimate of drug-likeness (QED) is 0.692. The number of hydrogen-bond acceptors (Lipinski definition) is 2. The summed E-state index contributed by atoms with van der Waals surface area (Å²) in [5, 5.41) is 0. The number of halogens is 1. The monoisotopic (exact) mass is 198 g/mol. The van der Waals surface area contributed by atoms with Crippen LogP contribution in [0.3, 0.4) is 0 Å². The maximum absolute atomic E-state index is 5.82. The van der Waals surface area contributed by atoms with Gasteiger partial charge in [-0.05, 0) is 19.9 Å². The molecule has 0 unspecified atom stereocenters. The smallest absolute Gasteiger partial charge is 0.0509 e. The van der Waals surface area contributed by atoms with E-state index in [0.29, 0.717) is 5.88 Å². The zero-order valence-corrected chi connectivity index (χ0v) is 8.88. The molecule has 0 bridgehead atoms. The van der Waals surface area contributed by atoms with Crippen molar-refractivity contribution in [3.05, 3.63) is 24.0 Å². The average Bonchev–Trinajstić information content (AvgIpc) is 2.20. The largest absolute Gasteiger partial charge is 0.372 e. The topological polar surface area (TPSA) is 16.1 Å². The fourth-order valence-electron chi connectivity index (χ4n) is 1.40. The third kappa shape index (κ3) is 2.34. The van der Waals surface area contributed by atoms with Crippen LogP contribution < -0.4 is 4.90 Å². The molecule has 0 spiro atoms. The van der Waals surface area contributed by atoms with Gasteiger partial charge >= 0.3 is 0 Å². The molecule has 1 heterocycles. The van der Waals surface area contributed by atoms with Gasteiger partial charge in [0.1, 0.15) is 0 Å². The van der Waals surface area contributed by atoms with Crippen LogP contribution >= 0.6 is 11.6 Å². The highest BCUT2D eigenvalue weighted by molar-refractivity contribution is 6.17. The molecule has 3 heteroatoms. The van der Waals surface area contributed by atoms with Crippen molar-refractivity contribution < 1.29 is 0 Å². The molecule has 1 aromatic heterocycles. The van der Waals surface area contributed by atoms with Crippen LogP contribution in [0.1, 0.15) is 19.4 Å². The number of nitrogens with zero attached hydrogens (tertiary/aromatic N) is 2. The zero-order valence-electron chi connectivity index (χ0n) is 8.13. The summed E-state index contributed by atoms with van der Waals surface area (Å²) < 4.78 is 0. The van der Waals surface area contributed by atoms with Gasteiger partial charge in [-0.25, -0.2) is 0 Å². The lowest BCUT2D eigenvalue weighted by molar-refractivity contribution is 0.858. The highest BCUT2D eigenvalue weighted by Crippen LogP contribution is 2.20. The van der Waals surface area contributed by atoms with Crippen LogP contribution in [0.4, 0.5) is 5.69 Å². The maximum atomic E-state index is 5.82. The van der Waals surface area contributed by atoms with Crippen LogP contribution in [0.2, 0.25) is 0 Å². The summed E-state index contributed by atoms with van der Waals surface area (Å²) in [5.74, 6) is 0.527. The molecule has 0 radical (unpaired) electrons. The van der Waals surface area contributed by atoms with Crippen molar-refractivity contribution in [1.82, 2.24) is 4.98 Å². The molecule has 0 saturated carbocycles. The second-order valence-electron chi connectivity index (χ2n) is 2.81. The molecule has 0 aliphatic carbocycles. The number of alkyl halides is 1. The second kappa shape index (κ2) is 5.07. The summed E-state index contributed by atoms with van der Waals surface area (Å²) in [6.07, 6.45) is 3.64. The van der Waals surface area contributed by atoms with E-state index in [1.54, 1.807) is 0 Å². The first-order valence-electron chi connectivity index (χ1n) is 4.57. The second-order valence-corrected chi connectivity index (χ2v) is 3.08. The third-order valence-electron chi connectivity index (χ3n) is 2.13. The SMILES string of the molecule is CCN(CC)c1ccncc1CCl. The van der Waals surface area contributed by atoms with E-state index in [1.807, 2.05) is 18.5 Å². The van der Waals surface area contributed by atoms with Gasteiger partial charge in [-0.15, -0.1) is 11.6 Å². The van der Waals surface area contributed by atoms with Crippen LogP contribution in [-0.2, 0) is 5.88 Å². The number of hydrogen-bond donors (Lipinski definition) is 0. The van der Waals surface area contributed by atoms with Gasteiger partial charge in [0.2, 0.25) is 0 Å². The van der Waals surface area contributed by atoms with Crippen LogP contribution in [-0.4, -0.2) is 18.1 Å². The Hall–Kier alpha value is -0.760. The Morgan fingerprint density at radius 2 is 2.08 bits per heavy atom. The van der Waals surface area contributed by atoms with Gasteiger partial charge in [0, 0.05) is 36.7 Å². The summed E-state index contributed by atoms with van der Waals surface area (Å²) in [7, 11) is 0. The summed E-state index contributed by atoms with van der Waals surface area (Å²) in [4.78, 5) is 6.33. The minimum absolute atomic E-state index is 0.527. The van der Waals surface area contributed by atoms with Crippen LogP contribution in [0.25, 0.3) is 0 Å². The van der Waals surface area contributed by atoms with E-state index in [9.17, 15) is 0 Å². The Bertz CT molecular complexity index is 259. The number of anilines is 1. The zero-order chi connectivity index (χ0) is 9.68. The van der Waals surface area contributed by atoms with Gasteiger partial charge in [0.25, 0.3) is 0 Å². The van der Waals surface area contributed by atoms with Gasteiger partial charge < -0.3 is 4.90 Å². The average molecular weight is 199 g/mol. The summed E-state index contributed by atoms with van der Waals surface area (Å²) in [5.41, 5.74) is 2.31. The molecule has 0 aliphatic rings. The lowest BCUT2D eigenvalue weighted by Crippen LogP contribution is -2.22. The first-order chi connectivity index (χ1) is 6.33. The van der Waals surface area contributed by atoms with Crippen molar-refractivity contribution >= 4 is 17.3 Å². The maximum Gasteiger partial charge on any atom is 0.0509 e. The molecule has 13 heavy (non-hydrogen) atoms. The molecular weight excluding hydrogens is 184 g/mol. The van der Waals surface area contributed by atoms with Crippen molar-refractivity contribution in [3.8, 4) is 0 Å². The van der Waals surface area contributed by atoms with Crippen molar-refractivity contribution in [3.63, 3.8) is 0 Å². The Kier molecular flexibility index (Phi) is 4.03. The molecule has 0 N–H and O–H groups in total. The predicted molar refractivity (Wildman–Crippen MR) is 57.4 cm³/mol. The Labute approximate surface area is 84.5 Å². The number of pyridine rings is 1. The molecule has 0 saturated heterocycles. The molecule has 0 atom stereocenters. The highest BCUT2D eigenvalue weighted by atomic mass is 35.5. The van der Waals surface area contributed by atoms with Crippen LogP contribution in [0.5, 0.6) is 0 Å². The molecule has 0 fully saturated rings. The van der Waals surface area contributed by atoms with Gasteiger partial charge in [-0.2, -0.15) is 0 Å². The van der Waals surface area contributed by atoms with Crippen molar-refractivity contribution in [1.29, 1.82) is 0 Å². The molecule has 1 rings (SSSR count). The Balaban J connectivity index is 2.96. The lowest BCUT2D eigenvalue weighted by atomic mass is 10.2. The summed E-state index contributed by atoms with van der Waals surface area (Å²) in [6, 6.07) is 2.02. The van der Waals surface area contributed by atoms with E-state index >= 15 is 0 Å². The minimum Gasteiger partial charge on any atom is -0.372 e. The van der Waals surface area contributed by atoms with E-state index in [1.165, 1.54) is 5.69 Å². The molecule has 0 aliphatic heterocycles. The number of aromatic nitrogens is 1. The minimum atomic E-state index is 0.527. The predicted octanol–water partition coefficient (Wildman–Crippen LogP) is 2.67. The fourth-order valence-corrected chi connectivity index (χ4v) is 1.60. The van der Waals surface area contributed by atoms with E-state index in [2.05, 4.69) is 23.7 Å².